The van der Waals surface area contributed by atoms with E-state index in [-0.39, 0.29) is 35.8 Å². The van der Waals surface area contributed by atoms with Crippen LogP contribution in [-0.2, 0) is 17.8 Å². The number of halogens is 2. The molecule has 0 aliphatic heterocycles. The molecule has 5 nitrogen and oxygen atoms in total. The van der Waals surface area contributed by atoms with Crippen molar-refractivity contribution in [3.05, 3.63) is 77.0 Å². The molecule has 1 unspecified atom stereocenters. The first-order chi connectivity index (χ1) is 18.6. The van der Waals surface area contributed by atoms with Gasteiger partial charge < -0.3 is 14.6 Å². The molecular weight excluding hydrogens is 500 g/mol. The fraction of sp³-hybridized carbons (Fsp3) is 0.438. The first-order valence-corrected chi connectivity index (χ1v) is 13.6. The van der Waals surface area contributed by atoms with E-state index in [1.165, 1.54) is 19.2 Å². The predicted octanol–water partition coefficient (Wildman–Crippen LogP) is 7.95. The van der Waals surface area contributed by atoms with E-state index in [2.05, 4.69) is 25.8 Å². The van der Waals surface area contributed by atoms with Crippen molar-refractivity contribution in [1.82, 2.24) is 4.98 Å². The lowest BCUT2D eigenvalue weighted by Gasteiger charge is -2.26. The maximum Gasteiger partial charge on any atom is 0.303 e. The summed E-state index contributed by atoms with van der Waals surface area (Å²) < 4.78 is 41.6. The summed E-state index contributed by atoms with van der Waals surface area (Å²) in [7, 11) is 1.46. The van der Waals surface area contributed by atoms with Crippen LogP contribution < -0.4 is 9.47 Å². The smallest absolute Gasteiger partial charge is 0.303 e. The number of hydrogen-bond donors (Lipinski definition) is 1. The molecule has 1 heterocycles. The number of aromatic nitrogens is 1. The van der Waals surface area contributed by atoms with Crippen LogP contribution in [0.15, 0.2) is 48.7 Å². The molecule has 0 spiro atoms. The van der Waals surface area contributed by atoms with Crippen LogP contribution in [0.5, 0.6) is 11.6 Å². The molecule has 7 heteroatoms. The third-order valence-corrected chi connectivity index (χ3v) is 7.46. The van der Waals surface area contributed by atoms with Gasteiger partial charge in [-0.05, 0) is 83.9 Å². The van der Waals surface area contributed by atoms with Crippen LogP contribution in [0.1, 0.15) is 75.5 Å². The topological polar surface area (TPSA) is 68.7 Å². The quantitative estimate of drug-likeness (QED) is 0.240. The van der Waals surface area contributed by atoms with Crippen LogP contribution in [0.3, 0.4) is 0 Å². The molecule has 1 fully saturated rings. The zero-order valence-electron chi connectivity index (χ0n) is 23.1. The molecule has 1 aliphatic carbocycles. The van der Waals surface area contributed by atoms with Crippen LogP contribution in [0, 0.1) is 23.0 Å². The Kier molecular flexibility index (Phi) is 8.88. The summed E-state index contributed by atoms with van der Waals surface area (Å²) in [5.74, 6) is -0.714. The number of carbonyl (C=O) groups is 1. The summed E-state index contributed by atoms with van der Waals surface area (Å²) in [6, 6.07) is 12.1. The van der Waals surface area contributed by atoms with E-state index in [9.17, 15) is 14.3 Å². The normalized spacial score (nSPS) is 14.2. The first-order valence-electron chi connectivity index (χ1n) is 13.6. The number of nitrogens with zero attached hydrogens (tertiary/aromatic N) is 1. The van der Waals surface area contributed by atoms with Gasteiger partial charge in [-0.1, -0.05) is 39.3 Å². The fourth-order valence-corrected chi connectivity index (χ4v) is 5.43. The number of hydrogen-bond acceptors (Lipinski definition) is 4. The molecule has 4 rings (SSSR count). The Morgan fingerprint density at radius 2 is 1.87 bits per heavy atom. The van der Waals surface area contributed by atoms with Gasteiger partial charge in [0, 0.05) is 17.2 Å². The molecule has 3 aromatic rings. The summed E-state index contributed by atoms with van der Waals surface area (Å²) >= 11 is 0. The number of rotatable bonds is 13. The molecule has 0 radical (unpaired) electrons. The molecule has 0 saturated heterocycles. The molecule has 208 valence electrons. The monoisotopic (exact) mass is 537 g/mol. The lowest BCUT2D eigenvalue weighted by molar-refractivity contribution is -0.137. The molecule has 39 heavy (non-hydrogen) atoms. The summed E-state index contributed by atoms with van der Waals surface area (Å²) in [6.45, 7) is 6.43. The predicted molar refractivity (Wildman–Crippen MR) is 147 cm³/mol. The number of ether oxygens (including phenoxy) is 2. The van der Waals surface area contributed by atoms with E-state index in [4.69, 9.17) is 9.47 Å². The number of carboxylic acids is 1. The van der Waals surface area contributed by atoms with E-state index in [0.29, 0.717) is 29.2 Å². The van der Waals surface area contributed by atoms with Crippen LogP contribution in [0.4, 0.5) is 8.78 Å². The Balaban J connectivity index is 1.64. The van der Waals surface area contributed by atoms with Gasteiger partial charge in [0.25, 0.3) is 0 Å². The average Bonchev–Trinajstić information content (AvgIpc) is 3.73. The van der Waals surface area contributed by atoms with Crippen molar-refractivity contribution in [2.75, 3.05) is 7.11 Å². The largest absolute Gasteiger partial charge is 0.489 e. The highest BCUT2D eigenvalue weighted by atomic mass is 19.1. The summed E-state index contributed by atoms with van der Waals surface area (Å²) in [4.78, 5) is 15.3. The maximum absolute atomic E-state index is 15.5. The standard InChI is InChI=1S/C32H37F2NO4/c1-5-11-32(2,3)17-22-12-23(28(33)14-26(22)27-15-30(38-4)35-18-29(27)34)19-39-24-8-6-7-21(13-24)25(16-31(36)37)20-9-10-20/h6-8,12-15,18,20,25H,5,9-11,16-17,19H2,1-4H3,(H,36,37). The van der Waals surface area contributed by atoms with Crippen molar-refractivity contribution >= 4 is 5.97 Å². The second-order valence-electron chi connectivity index (χ2n) is 11.3. The van der Waals surface area contributed by atoms with E-state index < -0.39 is 17.6 Å². The fourth-order valence-electron chi connectivity index (χ4n) is 5.43. The van der Waals surface area contributed by atoms with Gasteiger partial charge in [0.05, 0.1) is 19.7 Å². The van der Waals surface area contributed by atoms with Gasteiger partial charge in [-0.3, -0.25) is 4.79 Å². The Morgan fingerprint density at radius 3 is 2.54 bits per heavy atom. The Bertz CT molecular complexity index is 1320. The first kappa shape index (κ1) is 28.5. The molecule has 1 aliphatic rings. The Morgan fingerprint density at radius 1 is 1.10 bits per heavy atom. The number of benzene rings is 2. The molecule has 0 bridgehead atoms. The number of methoxy groups -OCH3 is 1. The van der Waals surface area contributed by atoms with E-state index in [1.807, 2.05) is 18.2 Å². The molecule has 1 atom stereocenters. The van der Waals surface area contributed by atoms with Crippen molar-refractivity contribution in [2.24, 2.45) is 11.3 Å². The zero-order valence-corrected chi connectivity index (χ0v) is 23.1. The summed E-state index contributed by atoms with van der Waals surface area (Å²) in [6.07, 6.45) is 5.82. The summed E-state index contributed by atoms with van der Waals surface area (Å²) in [5, 5.41) is 9.36. The summed E-state index contributed by atoms with van der Waals surface area (Å²) in [5.41, 5.74) is 2.76. The minimum Gasteiger partial charge on any atom is -0.489 e. The highest BCUT2D eigenvalue weighted by Gasteiger charge is 2.34. The Labute approximate surface area is 229 Å². The second kappa shape index (κ2) is 12.1. The lowest BCUT2D eigenvalue weighted by atomic mass is 9.79. The third-order valence-electron chi connectivity index (χ3n) is 7.46. The SMILES string of the molecule is CCCC(C)(C)Cc1cc(COc2cccc(C(CC(=O)O)C3CC3)c2)c(F)cc1-c1cc(OC)ncc1F. The minimum absolute atomic E-state index is 0.00799. The van der Waals surface area contributed by atoms with Crippen molar-refractivity contribution in [3.63, 3.8) is 0 Å². The highest BCUT2D eigenvalue weighted by molar-refractivity contribution is 5.70. The van der Waals surface area contributed by atoms with Gasteiger partial charge in [0.2, 0.25) is 5.88 Å². The van der Waals surface area contributed by atoms with Gasteiger partial charge in [-0.15, -0.1) is 0 Å². The van der Waals surface area contributed by atoms with E-state index >= 15 is 4.39 Å². The van der Waals surface area contributed by atoms with Gasteiger partial charge in [0.1, 0.15) is 24.0 Å². The van der Waals surface area contributed by atoms with Gasteiger partial charge in [-0.25, -0.2) is 13.8 Å². The average molecular weight is 538 g/mol. The highest BCUT2D eigenvalue weighted by Crippen LogP contribution is 2.45. The van der Waals surface area contributed by atoms with Gasteiger partial charge in [-0.2, -0.15) is 0 Å². The van der Waals surface area contributed by atoms with Crippen molar-refractivity contribution in [1.29, 1.82) is 0 Å². The van der Waals surface area contributed by atoms with Crippen LogP contribution in [0.25, 0.3) is 11.1 Å². The Hall–Kier alpha value is -3.48. The van der Waals surface area contributed by atoms with Crippen molar-refractivity contribution in [3.8, 4) is 22.8 Å². The third kappa shape index (κ3) is 7.34. The van der Waals surface area contributed by atoms with Gasteiger partial charge in [0.15, 0.2) is 0 Å². The zero-order chi connectivity index (χ0) is 28.2. The molecule has 2 aromatic carbocycles. The molecule has 1 saturated carbocycles. The number of carboxylic acid groups (broad SMARTS) is 1. The van der Waals surface area contributed by atoms with E-state index in [1.54, 1.807) is 12.1 Å². The maximum atomic E-state index is 15.5. The van der Waals surface area contributed by atoms with Gasteiger partial charge >= 0.3 is 5.97 Å². The minimum atomic E-state index is -0.817. The molecule has 0 amide bonds. The number of pyridine rings is 1. The van der Waals surface area contributed by atoms with Crippen molar-refractivity contribution in [2.45, 2.75) is 71.8 Å². The second-order valence-corrected chi connectivity index (χ2v) is 11.3. The number of aliphatic carboxylic acids is 1. The molecule has 1 aromatic heterocycles. The van der Waals surface area contributed by atoms with Crippen LogP contribution >= 0.6 is 0 Å². The van der Waals surface area contributed by atoms with E-state index in [0.717, 1.165) is 43.0 Å². The molecule has 1 N–H and O–H groups in total. The van der Waals surface area contributed by atoms with Crippen molar-refractivity contribution < 1.29 is 28.2 Å². The molecular formula is C32H37F2NO4. The van der Waals surface area contributed by atoms with Crippen LogP contribution in [-0.4, -0.2) is 23.2 Å². The van der Waals surface area contributed by atoms with Crippen LogP contribution in [0.2, 0.25) is 0 Å². The lowest BCUT2D eigenvalue weighted by Crippen LogP contribution is -2.16.